The highest BCUT2D eigenvalue weighted by Crippen LogP contribution is 2.30. The van der Waals surface area contributed by atoms with Crippen molar-refractivity contribution in [2.45, 2.75) is 12.5 Å². The highest BCUT2D eigenvalue weighted by molar-refractivity contribution is 5.97. The summed E-state index contributed by atoms with van der Waals surface area (Å²) in [6.07, 6.45) is 0.948. The summed E-state index contributed by atoms with van der Waals surface area (Å²) >= 11 is 0. The summed E-state index contributed by atoms with van der Waals surface area (Å²) in [6, 6.07) is 18.4. The number of nitrogens with zero attached hydrogens (tertiary/aromatic N) is 2. The number of carbonyl (C=O) groups excluding carboxylic acids is 1. The molecular formula is C22H26N2O3. The number of anilines is 1. The summed E-state index contributed by atoms with van der Waals surface area (Å²) in [6.45, 7) is 3.78. The van der Waals surface area contributed by atoms with Crippen molar-refractivity contribution in [1.82, 2.24) is 4.90 Å². The number of likely N-dealkylation sites (tertiary alicyclic amines) is 1. The quantitative estimate of drug-likeness (QED) is 0.837. The lowest BCUT2D eigenvalue weighted by molar-refractivity contribution is 0.0518. The Morgan fingerprint density at radius 2 is 1.85 bits per heavy atom. The molecule has 2 atom stereocenters. The van der Waals surface area contributed by atoms with Crippen molar-refractivity contribution in [3.05, 3.63) is 60.2 Å². The Bertz CT molecular complexity index is 780. The van der Waals surface area contributed by atoms with Gasteiger partial charge in [-0.25, -0.2) is 0 Å². The van der Waals surface area contributed by atoms with E-state index in [0.717, 1.165) is 26.1 Å². The lowest BCUT2D eigenvalue weighted by atomic mass is 9.90. The molecule has 142 valence electrons. The zero-order chi connectivity index (χ0) is 18.6. The molecule has 2 heterocycles. The third kappa shape index (κ3) is 3.65. The molecule has 0 aliphatic carbocycles. The van der Waals surface area contributed by atoms with Gasteiger partial charge in [0.05, 0.1) is 25.9 Å². The topological polar surface area (TPSA) is 42.0 Å². The van der Waals surface area contributed by atoms with E-state index >= 15 is 0 Å². The lowest BCUT2D eigenvalue weighted by Gasteiger charge is -2.43. The van der Waals surface area contributed by atoms with Gasteiger partial charge in [0, 0.05) is 37.3 Å². The van der Waals surface area contributed by atoms with Gasteiger partial charge in [0.1, 0.15) is 5.75 Å². The molecule has 2 saturated heterocycles. The molecule has 0 spiro atoms. The number of hydrogen-bond acceptors (Lipinski definition) is 4. The molecule has 27 heavy (non-hydrogen) atoms. The molecule has 0 unspecified atom stereocenters. The van der Waals surface area contributed by atoms with Crippen LogP contribution in [0.2, 0.25) is 0 Å². The number of ether oxygens (including phenoxy) is 2. The minimum Gasteiger partial charge on any atom is -0.496 e. The van der Waals surface area contributed by atoms with E-state index in [2.05, 4.69) is 29.2 Å². The number of piperidine rings is 1. The summed E-state index contributed by atoms with van der Waals surface area (Å²) in [5, 5.41) is 0. The van der Waals surface area contributed by atoms with E-state index in [1.165, 1.54) is 5.69 Å². The molecule has 2 aliphatic heterocycles. The first-order chi connectivity index (χ1) is 13.3. The van der Waals surface area contributed by atoms with Crippen molar-refractivity contribution in [3.8, 4) is 5.75 Å². The van der Waals surface area contributed by atoms with Gasteiger partial charge in [-0.1, -0.05) is 30.3 Å². The largest absolute Gasteiger partial charge is 0.496 e. The minimum absolute atomic E-state index is 0.0430. The fourth-order valence-corrected chi connectivity index (χ4v) is 4.27. The number of fused-ring (bicyclic) bond motifs is 1. The highest BCUT2D eigenvalue weighted by atomic mass is 16.5. The summed E-state index contributed by atoms with van der Waals surface area (Å²) in [5.74, 6) is 0.981. The number of amides is 1. The maximum Gasteiger partial charge on any atom is 0.257 e. The fraction of sp³-hybridized carbons (Fsp3) is 0.409. The number of methoxy groups -OCH3 is 1. The van der Waals surface area contributed by atoms with Crippen LogP contribution in [0.5, 0.6) is 5.75 Å². The predicted octanol–water partition coefficient (Wildman–Crippen LogP) is 3.06. The van der Waals surface area contributed by atoms with E-state index in [1.807, 2.05) is 35.2 Å². The predicted molar refractivity (Wildman–Crippen MR) is 105 cm³/mol. The van der Waals surface area contributed by atoms with Crippen LogP contribution in [-0.4, -0.2) is 56.8 Å². The van der Waals surface area contributed by atoms with Crippen molar-refractivity contribution in [3.63, 3.8) is 0 Å². The number of rotatable bonds is 3. The van der Waals surface area contributed by atoms with Gasteiger partial charge in [0.15, 0.2) is 0 Å². The Morgan fingerprint density at radius 3 is 2.67 bits per heavy atom. The van der Waals surface area contributed by atoms with Crippen molar-refractivity contribution < 1.29 is 14.3 Å². The molecule has 2 aromatic carbocycles. The third-order valence-electron chi connectivity index (χ3n) is 5.62. The lowest BCUT2D eigenvalue weighted by Crippen LogP contribution is -2.53. The molecule has 2 aliphatic rings. The van der Waals surface area contributed by atoms with Gasteiger partial charge < -0.3 is 19.3 Å². The van der Waals surface area contributed by atoms with Crippen LogP contribution in [-0.2, 0) is 4.74 Å². The first kappa shape index (κ1) is 17.9. The number of carbonyl (C=O) groups is 1. The van der Waals surface area contributed by atoms with Gasteiger partial charge in [-0.3, -0.25) is 4.79 Å². The monoisotopic (exact) mass is 366 g/mol. The van der Waals surface area contributed by atoms with Crippen LogP contribution in [0.1, 0.15) is 16.8 Å². The maximum atomic E-state index is 13.1. The Kier molecular flexibility index (Phi) is 5.30. The summed E-state index contributed by atoms with van der Waals surface area (Å²) in [4.78, 5) is 17.5. The van der Waals surface area contributed by atoms with E-state index in [0.29, 0.717) is 36.4 Å². The normalized spacial score (nSPS) is 22.7. The Balaban J connectivity index is 1.53. The van der Waals surface area contributed by atoms with Crippen LogP contribution in [0.4, 0.5) is 5.69 Å². The molecule has 0 saturated carbocycles. The number of hydrogen-bond donors (Lipinski definition) is 0. The second-order valence-electron chi connectivity index (χ2n) is 7.17. The molecule has 0 aromatic heterocycles. The molecule has 0 N–H and O–H groups in total. The Morgan fingerprint density at radius 1 is 1.07 bits per heavy atom. The zero-order valence-electron chi connectivity index (χ0n) is 15.7. The van der Waals surface area contributed by atoms with Gasteiger partial charge in [0.2, 0.25) is 0 Å². The van der Waals surface area contributed by atoms with Crippen molar-refractivity contribution >= 4 is 11.6 Å². The van der Waals surface area contributed by atoms with Crippen LogP contribution in [0.3, 0.4) is 0 Å². The summed E-state index contributed by atoms with van der Waals surface area (Å²) in [7, 11) is 1.61. The maximum absolute atomic E-state index is 13.1. The van der Waals surface area contributed by atoms with E-state index in [1.54, 1.807) is 7.11 Å². The summed E-state index contributed by atoms with van der Waals surface area (Å²) < 4.78 is 11.3. The number of benzene rings is 2. The van der Waals surface area contributed by atoms with Crippen molar-refractivity contribution in [1.29, 1.82) is 0 Å². The van der Waals surface area contributed by atoms with Crippen LogP contribution in [0, 0.1) is 5.92 Å². The van der Waals surface area contributed by atoms with Gasteiger partial charge in [-0.05, 0) is 30.7 Å². The highest BCUT2D eigenvalue weighted by Gasteiger charge is 2.37. The van der Waals surface area contributed by atoms with Crippen LogP contribution >= 0.6 is 0 Å². The molecule has 0 bridgehead atoms. The molecule has 0 radical (unpaired) electrons. The van der Waals surface area contributed by atoms with Crippen LogP contribution in [0.15, 0.2) is 54.6 Å². The molecule has 1 amide bonds. The third-order valence-corrected chi connectivity index (χ3v) is 5.62. The van der Waals surface area contributed by atoms with Crippen LogP contribution < -0.4 is 9.64 Å². The zero-order valence-corrected chi connectivity index (χ0v) is 15.7. The number of para-hydroxylation sites is 2. The van der Waals surface area contributed by atoms with Gasteiger partial charge in [0.25, 0.3) is 5.91 Å². The molecule has 5 nitrogen and oxygen atoms in total. The van der Waals surface area contributed by atoms with Crippen molar-refractivity contribution in [2.24, 2.45) is 5.92 Å². The van der Waals surface area contributed by atoms with Gasteiger partial charge in [-0.15, -0.1) is 0 Å². The van der Waals surface area contributed by atoms with E-state index < -0.39 is 0 Å². The molecule has 2 fully saturated rings. The first-order valence-corrected chi connectivity index (χ1v) is 9.59. The van der Waals surface area contributed by atoms with Crippen LogP contribution in [0.25, 0.3) is 0 Å². The van der Waals surface area contributed by atoms with E-state index in [9.17, 15) is 4.79 Å². The van der Waals surface area contributed by atoms with Gasteiger partial charge in [-0.2, -0.15) is 0 Å². The smallest absolute Gasteiger partial charge is 0.257 e. The molecule has 4 rings (SSSR count). The molecular weight excluding hydrogens is 340 g/mol. The van der Waals surface area contributed by atoms with E-state index in [4.69, 9.17) is 9.47 Å². The minimum atomic E-state index is 0.0430. The van der Waals surface area contributed by atoms with Gasteiger partial charge >= 0.3 is 0 Å². The van der Waals surface area contributed by atoms with E-state index in [-0.39, 0.29) is 5.91 Å². The second kappa shape index (κ2) is 8.01. The molecule has 5 heteroatoms. The average molecular weight is 366 g/mol. The van der Waals surface area contributed by atoms with Crippen molar-refractivity contribution in [2.75, 3.05) is 44.9 Å². The standard InChI is InChI=1S/C22H26N2O3/c1-26-21-10-6-5-9-19(21)22(25)23-12-11-20-17(15-23)16-27-14-13-24(20)18-7-3-2-4-8-18/h2-10,17,20H,11-16H2,1H3/t17-,20+/m1/s1. The first-order valence-electron chi connectivity index (χ1n) is 9.59. The average Bonchev–Trinajstić information content (AvgIpc) is 2.95. The Hall–Kier alpha value is -2.53. The summed E-state index contributed by atoms with van der Waals surface area (Å²) in [5.41, 5.74) is 1.87. The fourth-order valence-electron chi connectivity index (χ4n) is 4.27. The Labute approximate surface area is 160 Å². The SMILES string of the molecule is COc1ccccc1C(=O)N1CC[C@H]2[C@@H](COCCN2c2ccccc2)C1. The second-order valence-corrected chi connectivity index (χ2v) is 7.17. The molecule has 2 aromatic rings.